The second kappa shape index (κ2) is 7.38. The Labute approximate surface area is 158 Å². The van der Waals surface area contributed by atoms with E-state index in [4.69, 9.17) is 10.2 Å². The second-order valence-electron chi connectivity index (χ2n) is 5.64. The first-order chi connectivity index (χ1) is 13.2. The summed E-state index contributed by atoms with van der Waals surface area (Å²) in [6, 6.07) is 14.8. The molecular weight excluding hydrogens is 362 g/mol. The van der Waals surface area contributed by atoms with E-state index in [1.54, 1.807) is 35.7 Å². The Hall–Kier alpha value is -3.52. The molecular formula is C19H15N5O2S. The number of nitrogen functional groups attached to an aromatic ring is 1. The fraction of sp³-hybridized carbons (Fsp3) is 0.0526. The van der Waals surface area contributed by atoms with Crippen LogP contribution in [0.2, 0.25) is 0 Å². The van der Waals surface area contributed by atoms with Gasteiger partial charge in [-0.25, -0.2) is 9.97 Å². The molecule has 4 rings (SSSR count). The number of nitrogens with one attached hydrogen (secondary N) is 1. The van der Waals surface area contributed by atoms with E-state index in [0.29, 0.717) is 18.0 Å². The molecule has 8 heteroatoms. The molecule has 0 saturated carbocycles. The van der Waals surface area contributed by atoms with Gasteiger partial charge >= 0.3 is 0 Å². The Morgan fingerprint density at radius 1 is 1.11 bits per heavy atom. The van der Waals surface area contributed by atoms with Crippen LogP contribution in [0.25, 0.3) is 22.0 Å². The van der Waals surface area contributed by atoms with Crippen molar-refractivity contribution in [2.45, 2.75) is 6.54 Å². The summed E-state index contributed by atoms with van der Waals surface area (Å²) in [5.41, 5.74) is 7.29. The zero-order chi connectivity index (χ0) is 18.6. The monoisotopic (exact) mass is 377 g/mol. The molecule has 0 aliphatic carbocycles. The first-order valence-corrected chi connectivity index (χ1v) is 8.97. The van der Waals surface area contributed by atoms with Gasteiger partial charge in [0.05, 0.1) is 23.4 Å². The number of aromatic nitrogens is 3. The minimum atomic E-state index is -0.329. The van der Waals surface area contributed by atoms with E-state index >= 15 is 0 Å². The average Bonchev–Trinajstić information content (AvgIpc) is 3.38. The first-order valence-electron chi connectivity index (χ1n) is 8.16. The van der Waals surface area contributed by atoms with Gasteiger partial charge in [-0.1, -0.05) is 6.07 Å². The number of carbonyl (C=O) groups is 1. The lowest BCUT2D eigenvalue weighted by Crippen LogP contribution is -2.24. The van der Waals surface area contributed by atoms with Crippen molar-refractivity contribution >= 4 is 23.2 Å². The highest BCUT2D eigenvalue weighted by atomic mass is 32.1. The summed E-state index contributed by atoms with van der Waals surface area (Å²) >= 11 is 1.58. The molecule has 0 atom stereocenters. The third-order valence-corrected chi connectivity index (χ3v) is 4.86. The van der Waals surface area contributed by atoms with Crippen LogP contribution in [0.5, 0.6) is 0 Å². The summed E-state index contributed by atoms with van der Waals surface area (Å²) in [5.74, 6) is 0.212. The molecule has 0 radical (unpaired) electrons. The maximum atomic E-state index is 12.5. The lowest BCUT2D eigenvalue weighted by Gasteiger charge is -2.05. The van der Waals surface area contributed by atoms with Gasteiger partial charge in [0.1, 0.15) is 11.4 Å². The molecule has 0 aromatic carbocycles. The quantitative estimate of drug-likeness (QED) is 0.552. The minimum absolute atomic E-state index is 0.0163. The smallest absolute Gasteiger partial charge is 0.270 e. The third kappa shape index (κ3) is 3.85. The maximum Gasteiger partial charge on any atom is 0.270 e. The Morgan fingerprint density at radius 2 is 2.04 bits per heavy atom. The van der Waals surface area contributed by atoms with E-state index in [0.717, 1.165) is 15.4 Å². The summed E-state index contributed by atoms with van der Waals surface area (Å²) < 4.78 is 5.30. The molecule has 0 saturated heterocycles. The van der Waals surface area contributed by atoms with Crippen molar-refractivity contribution in [1.82, 2.24) is 20.3 Å². The standard InChI is InChI=1S/C19H15N5O2S/c20-19-23-14(16-5-3-9-26-16)10-15(24-19)18(25)22-11-12-6-7-17(27-12)13-4-1-2-8-21-13/h1-10H,11H2,(H,22,25)(H2,20,23,24). The predicted octanol–water partition coefficient (Wildman–Crippen LogP) is 3.37. The van der Waals surface area contributed by atoms with Gasteiger partial charge in [0.15, 0.2) is 5.76 Å². The predicted molar refractivity (Wildman–Crippen MR) is 103 cm³/mol. The zero-order valence-electron chi connectivity index (χ0n) is 14.1. The molecule has 0 fully saturated rings. The highest BCUT2D eigenvalue weighted by Gasteiger charge is 2.13. The van der Waals surface area contributed by atoms with Crippen LogP contribution in [-0.2, 0) is 6.54 Å². The van der Waals surface area contributed by atoms with Crippen LogP contribution in [0.3, 0.4) is 0 Å². The highest BCUT2D eigenvalue weighted by molar-refractivity contribution is 7.15. The summed E-state index contributed by atoms with van der Waals surface area (Å²) in [6.45, 7) is 0.385. The third-order valence-electron chi connectivity index (χ3n) is 3.75. The van der Waals surface area contributed by atoms with Crippen molar-refractivity contribution in [3.8, 4) is 22.0 Å². The van der Waals surface area contributed by atoms with Crippen LogP contribution in [0.1, 0.15) is 15.4 Å². The number of carbonyl (C=O) groups excluding carboxylic acids is 1. The normalized spacial score (nSPS) is 10.7. The molecule has 0 bridgehead atoms. The SMILES string of the molecule is Nc1nc(C(=O)NCc2ccc(-c3ccccn3)s2)cc(-c2ccco2)n1. The number of rotatable bonds is 5. The number of nitrogens with zero attached hydrogens (tertiary/aromatic N) is 3. The van der Waals surface area contributed by atoms with E-state index in [1.807, 2.05) is 30.3 Å². The fourth-order valence-corrected chi connectivity index (χ4v) is 3.43. The molecule has 0 spiro atoms. The number of anilines is 1. The number of thiophene rings is 1. The van der Waals surface area contributed by atoms with Gasteiger partial charge in [0.25, 0.3) is 5.91 Å². The second-order valence-corrected chi connectivity index (χ2v) is 6.81. The Bertz CT molecular complexity index is 1060. The maximum absolute atomic E-state index is 12.5. The lowest BCUT2D eigenvalue weighted by molar-refractivity contribution is 0.0946. The summed E-state index contributed by atoms with van der Waals surface area (Å²) in [6.07, 6.45) is 3.29. The van der Waals surface area contributed by atoms with Gasteiger partial charge in [0.2, 0.25) is 5.95 Å². The van der Waals surface area contributed by atoms with Crippen molar-refractivity contribution in [3.05, 3.63) is 71.6 Å². The van der Waals surface area contributed by atoms with Gasteiger partial charge in [-0.05, 0) is 42.5 Å². The highest BCUT2D eigenvalue weighted by Crippen LogP contribution is 2.26. The van der Waals surface area contributed by atoms with Crippen molar-refractivity contribution in [3.63, 3.8) is 0 Å². The summed E-state index contributed by atoms with van der Waals surface area (Å²) in [4.78, 5) is 27.0. The van der Waals surface area contributed by atoms with Crippen LogP contribution in [0.15, 0.2) is 65.4 Å². The first kappa shape index (κ1) is 16.9. The van der Waals surface area contributed by atoms with E-state index in [9.17, 15) is 4.79 Å². The Kier molecular flexibility index (Phi) is 4.63. The molecule has 0 aliphatic heterocycles. The number of pyridine rings is 1. The number of hydrogen-bond donors (Lipinski definition) is 2. The number of nitrogens with two attached hydrogens (primary N) is 1. The molecule has 4 heterocycles. The topological polar surface area (TPSA) is 107 Å². The van der Waals surface area contributed by atoms with Crippen LogP contribution < -0.4 is 11.1 Å². The molecule has 0 aliphatic rings. The Balaban J connectivity index is 1.46. The number of furan rings is 1. The minimum Gasteiger partial charge on any atom is -0.463 e. The van der Waals surface area contributed by atoms with Crippen LogP contribution in [0, 0.1) is 0 Å². The van der Waals surface area contributed by atoms with E-state index in [2.05, 4.69) is 20.3 Å². The lowest BCUT2D eigenvalue weighted by atomic mass is 10.2. The van der Waals surface area contributed by atoms with Crippen molar-refractivity contribution in [2.75, 3.05) is 5.73 Å². The van der Waals surface area contributed by atoms with Crippen LogP contribution >= 0.6 is 11.3 Å². The van der Waals surface area contributed by atoms with Crippen LogP contribution in [0.4, 0.5) is 5.95 Å². The average molecular weight is 377 g/mol. The molecule has 0 unspecified atom stereocenters. The van der Waals surface area contributed by atoms with Gasteiger partial charge in [-0.2, -0.15) is 0 Å². The van der Waals surface area contributed by atoms with Crippen molar-refractivity contribution in [1.29, 1.82) is 0 Å². The molecule has 134 valence electrons. The number of hydrogen-bond acceptors (Lipinski definition) is 7. The summed E-state index contributed by atoms with van der Waals surface area (Å²) in [5, 5.41) is 2.85. The van der Waals surface area contributed by atoms with Gasteiger partial charge < -0.3 is 15.5 Å². The van der Waals surface area contributed by atoms with Crippen molar-refractivity contribution in [2.24, 2.45) is 0 Å². The molecule has 7 nitrogen and oxygen atoms in total. The molecule has 4 aromatic heterocycles. The van der Waals surface area contributed by atoms with Gasteiger partial charge in [0, 0.05) is 11.1 Å². The number of amides is 1. The Morgan fingerprint density at radius 3 is 2.81 bits per heavy atom. The van der Waals surface area contributed by atoms with E-state index in [-0.39, 0.29) is 17.5 Å². The van der Waals surface area contributed by atoms with E-state index in [1.165, 1.54) is 6.26 Å². The van der Waals surface area contributed by atoms with Crippen LogP contribution in [-0.4, -0.2) is 20.9 Å². The van der Waals surface area contributed by atoms with Gasteiger partial charge in [-0.15, -0.1) is 11.3 Å². The molecule has 27 heavy (non-hydrogen) atoms. The van der Waals surface area contributed by atoms with Crippen molar-refractivity contribution < 1.29 is 9.21 Å². The fourth-order valence-electron chi connectivity index (χ4n) is 2.51. The molecule has 4 aromatic rings. The van der Waals surface area contributed by atoms with E-state index < -0.39 is 0 Å². The summed E-state index contributed by atoms with van der Waals surface area (Å²) in [7, 11) is 0. The zero-order valence-corrected chi connectivity index (χ0v) is 14.9. The molecule has 1 amide bonds. The van der Waals surface area contributed by atoms with Gasteiger partial charge in [-0.3, -0.25) is 9.78 Å². The molecule has 3 N–H and O–H groups in total. The largest absolute Gasteiger partial charge is 0.463 e.